The number of fused-ring (bicyclic) bond motifs is 4. The fraction of sp³-hybridized carbons (Fsp3) is 0.263. The number of hydrogen-bond donors (Lipinski definition) is 1. The average molecular weight is 335 g/mol. The van der Waals surface area contributed by atoms with Gasteiger partial charge in [-0.2, -0.15) is 0 Å². The fourth-order valence-electron chi connectivity index (χ4n) is 3.65. The van der Waals surface area contributed by atoms with E-state index in [1.165, 1.54) is 5.57 Å². The van der Waals surface area contributed by atoms with Crippen LogP contribution >= 0.6 is 0 Å². The molecule has 1 spiro atoms. The predicted molar refractivity (Wildman–Crippen MR) is 92.5 cm³/mol. The summed E-state index contributed by atoms with van der Waals surface area (Å²) in [5.74, 6) is 1.29. The molecule has 0 fully saturated rings. The van der Waals surface area contributed by atoms with Crippen molar-refractivity contribution in [1.82, 2.24) is 4.98 Å². The number of para-hydroxylation sites is 1. The SMILES string of the molecule is NC1=N[C@@]2(CO1)c1ccccc1Oc1ncc(C3=CCOCC3)cc12. The molecule has 126 valence electrons. The number of rotatable bonds is 1. The third kappa shape index (κ3) is 2.14. The number of nitrogens with two attached hydrogens (primary N) is 1. The molecular weight excluding hydrogens is 318 g/mol. The van der Waals surface area contributed by atoms with Crippen molar-refractivity contribution in [3.05, 3.63) is 59.3 Å². The molecule has 0 saturated carbocycles. The van der Waals surface area contributed by atoms with Crippen LogP contribution in [0.15, 0.2) is 47.6 Å². The molecule has 1 aromatic carbocycles. The summed E-state index contributed by atoms with van der Waals surface area (Å²) in [6, 6.07) is 10.1. The van der Waals surface area contributed by atoms with Crippen molar-refractivity contribution < 1.29 is 14.2 Å². The maximum absolute atomic E-state index is 6.02. The highest BCUT2D eigenvalue weighted by atomic mass is 16.5. The molecule has 6 heteroatoms. The second-order valence-electron chi connectivity index (χ2n) is 6.33. The monoisotopic (exact) mass is 335 g/mol. The lowest BCUT2D eigenvalue weighted by Crippen LogP contribution is -2.31. The third-order valence-electron chi connectivity index (χ3n) is 4.90. The summed E-state index contributed by atoms with van der Waals surface area (Å²) >= 11 is 0. The second-order valence-corrected chi connectivity index (χ2v) is 6.33. The first-order valence-electron chi connectivity index (χ1n) is 8.29. The zero-order valence-electron chi connectivity index (χ0n) is 13.6. The second kappa shape index (κ2) is 5.32. The molecule has 0 saturated heterocycles. The molecule has 0 aliphatic carbocycles. The van der Waals surface area contributed by atoms with E-state index in [0.29, 0.717) is 19.1 Å². The molecule has 3 aliphatic heterocycles. The Morgan fingerprint density at radius 3 is 2.88 bits per heavy atom. The maximum Gasteiger partial charge on any atom is 0.283 e. The van der Waals surface area contributed by atoms with Gasteiger partial charge in [-0.05, 0) is 29.7 Å². The zero-order chi connectivity index (χ0) is 16.9. The Balaban J connectivity index is 1.71. The predicted octanol–water partition coefficient (Wildman–Crippen LogP) is 2.58. The number of ether oxygens (including phenoxy) is 3. The quantitative estimate of drug-likeness (QED) is 0.866. The van der Waals surface area contributed by atoms with Gasteiger partial charge in [-0.15, -0.1) is 0 Å². The maximum atomic E-state index is 6.02. The Hall–Kier alpha value is -2.86. The van der Waals surface area contributed by atoms with Gasteiger partial charge in [0.1, 0.15) is 12.4 Å². The van der Waals surface area contributed by atoms with Crippen molar-refractivity contribution in [2.75, 3.05) is 19.8 Å². The molecule has 1 aromatic heterocycles. The summed E-state index contributed by atoms with van der Waals surface area (Å²) in [6.45, 7) is 1.70. The lowest BCUT2D eigenvalue weighted by atomic mass is 9.81. The van der Waals surface area contributed by atoms with Gasteiger partial charge in [-0.3, -0.25) is 0 Å². The van der Waals surface area contributed by atoms with E-state index in [4.69, 9.17) is 19.9 Å². The van der Waals surface area contributed by atoms with Crippen molar-refractivity contribution >= 4 is 11.6 Å². The minimum atomic E-state index is -0.705. The van der Waals surface area contributed by atoms with Crippen LogP contribution in [0.25, 0.3) is 5.57 Å². The topological polar surface area (TPSA) is 79.0 Å². The normalized spacial score (nSPS) is 23.8. The smallest absolute Gasteiger partial charge is 0.283 e. The van der Waals surface area contributed by atoms with Gasteiger partial charge in [0, 0.05) is 11.8 Å². The van der Waals surface area contributed by atoms with Crippen LogP contribution in [-0.4, -0.2) is 30.8 Å². The van der Waals surface area contributed by atoms with Crippen molar-refractivity contribution in [3.8, 4) is 11.6 Å². The Morgan fingerprint density at radius 1 is 1.16 bits per heavy atom. The van der Waals surface area contributed by atoms with E-state index in [2.05, 4.69) is 22.1 Å². The van der Waals surface area contributed by atoms with Crippen molar-refractivity contribution in [2.45, 2.75) is 12.0 Å². The Morgan fingerprint density at radius 2 is 2.08 bits per heavy atom. The molecule has 3 aliphatic rings. The molecule has 2 aromatic rings. The van der Waals surface area contributed by atoms with Gasteiger partial charge < -0.3 is 19.9 Å². The summed E-state index contributed by atoms with van der Waals surface area (Å²) in [7, 11) is 0. The van der Waals surface area contributed by atoms with Crippen LogP contribution in [0, 0.1) is 0 Å². The van der Waals surface area contributed by atoms with Gasteiger partial charge in [-0.1, -0.05) is 24.3 Å². The van der Waals surface area contributed by atoms with Crippen LogP contribution in [-0.2, 0) is 15.0 Å². The molecular formula is C19H17N3O3. The highest BCUT2D eigenvalue weighted by Crippen LogP contribution is 2.50. The van der Waals surface area contributed by atoms with Crippen molar-refractivity contribution in [1.29, 1.82) is 0 Å². The molecule has 0 amide bonds. The van der Waals surface area contributed by atoms with Crippen LogP contribution in [0.5, 0.6) is 11.6 Å². The molecule has 2 N–H and O–H groups in total. The number of amidine groups is 1. The van der Waals surface area contributed by atoms with Crippen LogP contribution in [0.4, 0.5) is 0 Å². The number of hydrogen-bond acceptors (Lipinski definition) is 6. The molecule has 25 heavy (non-hydrogen) atoms. The van der Waals surface area contributed by atoms with Gasteiger partial charge in [-0.25, -0.2) is 9.98 Å². The van der Waals surface area contributed by atoms with E-state index < -0.39 is 5.54 Å². The van der Waals surface area contributed by atoms with Gasteiger partial charge in [0.25, 0.3) is 6.02 Å². The van der Waals surface area contributed by atoms with E-state index in [-0.39, 0.29) is 6.02 Å². The minimum absolute atomic E-state index is 0.193. The molecule has 5 rings (SSSR count). The Bertz CT molecular complexity index is 922. The molecule has 1 atom stereocenters. The highest BCUT2D eigenvalue weighted by molar-refractivity contribution is 5.77. The molecule has 6 nitrogen and oxygen atoms in total. The average Bonchev–Trinajstić information content (AvgIpc) is 3.05. The molecule has 0 bridgehead atoms. The first-order chi connectivity index (χ1) is 12.3. The number of pyridine rings is 1. The summed E-state index contributed by atoms with van der Waals surface area (Å²) < 4.78 is 17.0. The molecule has 0 radical (unpaired) electrons. The van der Waals surface area contributed by atoms with Gasteiger partial charge in [0.15, 0.2) is 5.54 Å². The lowest BCUT2D eigenvalue weighted by Gasteiger charge is -2.32. The van der Waals surface area contributed by atoms with E-state index in [1.54, 1.807) is 0 Å². The summed E-state index contributed by atoms with van der Waals surface area (Å²) in [4.78, 5) is 9.22. The summed E-state index contributed by atoms with van der Waals surface area (Å²) in [5.41, 5.74) is 9.29. The van der Waals surface area contributed by atoms with Gasteiger partial charge in [0.05, 0.1) is 18.8 Å². The number of aliphatic imine (C=N–C) groups is 1. The van der Waals surface area contributed by atoms with Crippen LogP contribution in [0.3, 0.4) is 0 Å². The van der Waals surface area contributed by atoms with Crippen LogP contribution in [0.1, 0.15) is 23.1 Å². The van der Waals surface area contributed by atoms with E-state index in [9.17, 15) is 0 Å². The minimum Gasteiger partial charge on any atom is -0.462 e. The first kappa shape index (κ1) is 14.5. The number of nitrogens with zero attached hydrogens (tertiary/aromatic N) is 2. The van der Waals surface area contributed by atoms with Crippen LogP contribution in [0.2, 0.25) is 0 Å². The summed E-state index contributed by atoms with van der Waals surface area (Å²) in [6.07, 6.45) is 4.81. The highest BCUT2D eigenvalue weighted by Gasteiger charge is 2.47. The number of benzene rings is 1. The standard InChI is InChI=1S/C19H17N3O3/c20-18-22-19(11-24-18)14-3-1-2-4-16(14)25-17-15(19)9-13(10-21-17)12-5-7-23-8-6-12/h1-5,9-10H,6-8,11H2,(H2,20,22)/t19-/m0/s1. The third-order valence-corrected chi connectivity index (χ3v) is 4.90. The van der Waals surface area contributed by atoms with Gasteiger partial charge >= 0.3 is 0 Å². The van der Waals surface area contributed by atoms with Crippen LogP contribution < -0.4 is 10.5 Å². The molecule has 0 unspecified atom stereocenters. The van der Waals surface area contributed by atoms with Crippen molar-refractivity contribution in [3.63, 3.8) is 0 Å². The largest absolute Gasteiger partial charge is 0.462 e. The first-order valence-corrected chi connectivity index (χ1v) is 8.29. The number of aromatic nitrogens is 1. The van der Waals surface area contributed by atoms with E-state index >= 15 is 0 Å². The van der Waals surface area contributed by atoms with E-state index in [0.717, 1.165) is 35.5 Å². The Kier molecular flexibility index (Phi) is 3.08. The van der Waals surface area contributed by atoms with Gasteiger partial charge in [0.2, 0.25) is 5.88 Å². The summed E-state index contributed by atoms with van der Waals surface area (Å²) in [5, 5.41) is 0. The zero-order valence-corrected chi connectivity index (χ0v) is 13.6. The van der Waals surface area contributed by atoms with E-state index in [1.807, 2.05) is 30.5 Å². The lowest BCUT2D eigenvalue weighted by molar-refractivity contribution is 0.161. The fourth-order valence-corrected chi connectivity index (χ4v) is 3.65. The van der Waals surface area contributed by atoms with Crippen molar-refractivity contribution in [2.24, 2.45) is 10.7 Å². The molecule has 4 heterocycles. The Labute approximate surface area is 144 Å².